The fourth-order valence-corrected chi connectivity index (χ4v) is 1.08. The molecule has 100 valence electrons. The Hall–Kier alpha value is -1.10. The summed E-state index contributed by atoms with van der Waals surface area (Å²) in [5.74, 6) is -0.345. The normalized spacial score (nSPS) is 13.4. The third-order valence-electron chi connectivity index (χ3n) is 2.82. The second-order valence-electron chi connectivity index (χ2n) is 5.61. The number of rotatable bonds is 4. The number of likely N-dealkylation sites (N-methyl/N-ethyl adjacent to an activating group) is 1. The highest BCUT2D eigenvalue weighted by molar-refractivity contribution is 5.87. The highest BCUT2D eigenvalue weighted by atomic mass is 16.2. The maximum Gasteiger partial charge on any atom is 0.242 e. The molecule has 17 heavy (non-hydrogen) atoms. The predicted octanol–water partition coefficient (Wildman–Crippen LogP) is 0.343. The minimum absolute atomic E-state index is 0.00692. The SMILES string of the molecule is CC(C)C(N)C(=O)NCC(=O)N(C)C(C)(C)C. The highest BCUT2D eigenvalue weighted by Crippen LogP contribution is 2.09. The van der Waals surface area contributed by atoms with E-state index in [0.717, 1.165) is 0 Å². The van der Waals surface area contributed by atoms with Crippen LogP contribution in [0.1, 0.15) is 34.6 Å². The molecule has 5 heteroatoms. The van der Waals surface area contributed by atoms with Crippen molar-refractivity contribution in [2.45, 2.75) is 46.2 Å². The predicted molar refractivity (Wildman–Crippen MR) is 68.3 cm³/mol. The van der Waals surface area contributed by atoms with Gasteiger partial charge in [0.1, 0.15) is 0 Å². The quantitative estimate of drug-likeness (QED) is 0.748. The lowest BCUT2D eigenvalue weighted by Gasteiger charge is -2.32. The summed E-state index contributed by atoms with van der Waals surface area (Å²) in [5, 5.41) is 2.56. The molecule has 0 saturated heterocycles. The van der Waals surface area contributed by atoms with Crippen LogP contribution in [-0.4, -0.2) is 41.9 Å². The summed E-state index contributed by atoms with van der Waals surface area (Å²) >= 11 is 0. The van der Waals surface area contributed by atoms with Gasteiger partial charge >= 0.3 is 0 Å². The Kier molecular flexibility index (Phi) is 5.61. The number of hydrogen-bond donors (Lipinski definition) is 2. The molecule has 0 fully saturated rings. The van der Waals surface area contributed by atoms with E-state index in [1.807, 2.05) is 34.6 Å². The Labute approximate surface area is 104 Å². The summed E-state index contributed by atoms with van der Waals surface area (Å²) in [6, 6.07) is -0.567. The van der Waals surface area contributed by atoms with Crippen molar-refractivity contribution in [3.05, 3.63) is 0 Å². The Morgan fingerprint density at radius 2 is 1.76 bits per heavy atom. The van der Waals surface area contributed by atoms with Gasteiger partial charge in [-0.3, -0.25) is 9.59 Å². The van der Waals surface area contributed by atoms with Crippen LogP contribution < -0.4 is 11.1 Å². The van der Waals surface area contributed by atoms with E-state index in [9.17, 15) is 9.59 Å². The average molecular weight is 243 g/mol. The molecule has 0 saturated carbocycles. The van der Waals surface area contributed by atoms with Crippen molar-refractivity contribution in [3.63, 3.8) is 0 Å². The number of nitrogens with two attached hydrogens (primary N) is 1. The first-order valence-electron chi connectivity index (χ1n) is 5.87. The van der Waals surface area contributed by atoms with Gasteiger partial charge in [-0.1, -0.05) is 13.8 Å². The van der Waals surface area contributed by atoms with Crippen LogP contribution in [0.25, 0.3) is 0 Å². The minimum atomic E-state index is -0.567. The van der Waals surface area contributed by atoms with Crippen molar-refractivity contribution in [2.75, 3.05) is 13.6 Å². The van der Waals surface area contributed by atoms with Gasteiger partial charge in [-0.15, -0.1) is 0 Å². The number of nitrogens with zero attached hydrogens (tertiary/aromatic N) is 1. The van der Waals surface area contributed by atoms with E-state index in [2.05, 4.69) is 5.32 Å². The van der Waals surface area contributed by atoms with E-state index in [4.69, 9.17) is 5.73 Å². The van der Waals surface area contributed by atoms with Crippen LogP contribution in [0.5, 0.6) is 0 Å². The lowest BCUT2D eigenvalue weighted by Crippen LogP contribution is -2.50. The van der Waals surface area contributed by atoms with Gasteiger partial charge in [0.15, 0.2) is 0 Å². The molecule has 2 amide bonds. The molecule has 0 aromatic heterocycles. The van der Waals surface area contributed by atoms with Crippen molar-refractivity contribution in [3.8, 4) is 0 Å². The first-order valence-corrected chi connectivity index (χ1v) is 5.87. The zero-order valence-corrected chi connectivity index (χ0v) is 11.7. The molecule has 0 radical (unpaired) electrons. The fraction of sp³-hybridized carbons (Fsp3) is 0.833. The first kappa shape index (κ1) is 15.9. The Bertz CT molecular complexity index is 282. The molecule has 0 heterocycles. The summed E-state index contributed by atoms with van der Waals surface area (Å²) in [7, 11) is 1.72. The topological polar surface area (TPSA) is 75.4 Å². The van der Waals surface area contributed by atoms with Gasteiger partial charge in [-0.25, -0.2) is 0 Å². The third-order valence-corrected chi connectivity index (χ3v) is 2.82. The summed E-state index contributed by atoms with van der Waals surface area (Å²) in [6.45, 7) is 9.54. The number of carbonyl (C=O) groups is 2. The molecule has 0 aliphatic carbocycles. The molecule has 1 atom stereocenters. The van der Waals surface area contributed by atoms with E-state index in [0.29, 0.717) is 0 Å². The number of hydrogen-bond acceptors (Lipinski definition) is 3. The fourth-order valence-electron chi connectivity index (χ4n) is 1.08. The molecule has 0 bridgehead atoms. The largest absolute Gasteiger partial charge is 0.346 e. The first-order chi connectivity index (χ1) is 7.57. The molecule has 0 aliphatic rings. The van der Waals surface area contributed by atoms with Crippen LogP contribution in [0.15, 0.2) is 0 Å². The Morgan fingerprint density at radius 1 is 1.29 bits per heavy atom. The van der Waals surface area contributed by atoms with Gasteiger partial charge in [0.05, 0.1) is 12.6 Å². The van der Waals surface area contributed by atoms with Crippen LogP contribution in [-0.2, 0) is 9.59 Å². The lowest BCUT2D eigenvalue weighted by molar-refractivity contribution is -0.135. The van der Waals surface area contributed by atoms with Gasteiger partial charge < -0.3 is 16.0 Å². The molecule has 0 rings (SSSR count). The maximum absolute atomic E-state index is 11.8. The van der Waals surface area contributed by atoms with Gasteiger partial charge in [-0.05, 0) is 26.7 Å². The summed E-state index contributed by atoms with van der Waals surface area (Å²) in [5.41, 5.74) is 5.42. The van der Waals surface area contributed by atoms with Crippen molar-refractivity contribution < 1.29 is 9.59 Å². The van der Waals surface area contributed by atoms with Gasteiger partial charge in [0.2, 0.25) is 11.8 Å². The molecule has 0 spiro atoms. The summed E-state index contributed by atoms with van der Waals surface area (Å²) in [4.78, 5) is 24.9. The highest BCUT2D eigenvalue weighted by Gasteiger charge is 2.23. The molecule has 0 aromatic carbocycles. The molecular weight excluding hydrogens is 218 g/mol. The molecule has 1 unspecified atom stereocenters. The molecule has 0 aromatic rings. The molecule has 0 aliphatic heterocycles. The van der Waals surface area contributed by atoms with Crippen LogP contribution in [0, 0.1) is 5.92 Å². The van der Waals surface area contributed by atoms with E-state index in [1.165, 1.54) is 0 Å². The minimum Gasteiger partial charge on any atom is -0.346 e. The van der Waals surface area contributed by atoms with Gasteiger partial charge in [0, 0.05) is 12.6 Å². The third kappa shape index (κ3) is 5.17. The van der Waals surface area contributed by atoms with Crippen molar-refractivity contribution in [2.24, 2.45) is 11.7 Å². The average Bonchev–Trinajstić information content (AvgIpc) is 2.21. The van der Waals surface area contributed by atoms with Crippen molar-refractivity contribution >= 4 is 11.8 Å². The second kappa shape index (κ2) is 6.00. The van der Waals surface area contributed by atoms with Crippen molar-refractivity contribution in [1.29, 1.82) is 0 Å². The molecule has 5 nitrogen and oxygen atoms in total. The van der Waals surface area contributed by atoms with Crippen molar-refractivity contribution in [1.82, 2.24) is 10.2 Å². The second-order valence-corrected chi connectivity index (χ2v) is 5.61. The molecule has 3 N–H and O–H groups in total. The van der Waals surface area contributed by atoms with Crippen LogP contribution >= 0.6 is 0 Å². The zero-order valence-electron chi connectivity index (χ0n) is 11.7. The number of carbonyl (C=O) groups excluding carboxylic acids is 2. The van der Waals surface area contributed by atoms with Crippen LogP contribution in [0.3, 0.4) is 0 Å². The Balaban J connectivity index is 4.22. The number of nitrogens with one attached hydrogen (secondary N) is 1. The van der Waals surface area contributed by atoms with Gasteiger partial charge in [0.25, 0.3) is 0 Å². The lowest BCUT2D eigenvalue weighted by atomic mass is 10.0. The monoisotopic (exact) mass is 243 g/mol. The van der Waals surface area contributed by atoms with E-state index >= 15 is 0 Å². The molecular formula is C12H25N3O2. The van der Waals surface area contributed by atoms with E-state index in [1.54, 1.807) is 11.9 Å². The standard InChI is InChI=1S/C12H25N3O2/c1-8(2)10(13)11(17)14-7-9(16)15(6)12(3,4)5/h8,10H,7,13H2,1-6H3,(H,14,17). The maximum atomic E-state index is 11.8. The van der Waals surface area contributed by atoms with Crippen LogP contribution in [0.4, 0.5) is 0 Å². The smallest absolute Gasteiger partial charge is 0.242 e. The van der Waals surface area contributed by atoms with E-state index in [-0.39, 0.29) is 29.8 Å². The zero-order chi connectivity index (χ0) is 13.8. The Morgan fingerprint density at radius 3 is 2.12 bits per heavy atom. The van der Waals surface area contributed by atoms with Crippen LogP contribution in [0.2, 0.25) is 0 Å². The van der Waals surface area contributed by atoms with Gasteiger partial charge in [-0.2, -0.15) is 0 Å². The number of amides is 2. The van der Waals surface area contributed by atoms with E-state index < -0.39 is 6.04 Å². The summed E-state index contributed by atoms with van der Waals surface area (Å²) in [6.07, 6.45) is 0. The summed E-state index contributed by atoms with van der Waals surface area (Å²) < 4.78 is 0.